The second-order valence-electron chi connectivity index (χ2n) is 7.28. The van der Waals surface area contributed by atoms with Gasteiger partial charge in [-0.05, 0) is 49.6 Å². The van der Waals surface area contributed by atoms with Gasteiger partial charge in [0.05, 0.1) is 12.8 Å². The number of nitrogens with one attached hydrogen (secondary N) is 2. The number of nitrogens with zero attached hydrogens (tertiary/aromatic N) is 3. The Morgan fingerprint density at radius 3 is 2.65 bits per heavy atom. The third-order valence-corrected chi connectivity index (χ3v) is 5.37. The van der Waals surface area contributed by atoms with Crippen LogP contribution < -0.4 is 20.3 Å². The molecular formula is C23H24ClN5O2. The number of hydrogen-bond donors (Lipinski definition) is 2. The van der Waals surface area contributed by atoms with Crippen molar-refractivity contribution in [2.45, 2.75) is 19.3 Å². The Balaban J connectivity index is 1.53. The van der Waals surface area contributed by atoms with Crippen LogP contribution in [0.25, 0.3) is 11.3 Å². The second kappa shape index (κ2) is 9.66. The molecule has 0 radical (unpaired) electrons. The van der Waals surface area contributed by atoms with Crippen molar-refractivity contribution >= 4 is 34.8 Å². The zero-order valence-corrected chi connectivity index (χ0v) is 18.0. The number of rotatable bonds is 5. The lowest BCUT2D eigenvalue weighted by Gasteiger charge is -2.28. The van der Waals surface area contributed by atoms with Gasteiger partial charge >= 0.3 is 6.03 Å². The van der Waals surface area contributed by atoms with Gasteiger partial charge in [0.25, 0.3) is 0 Å². The summed E-state index contributed by atoms with van der Waals surface area (Å²) in [7, 11) is 1.54. The summed E-state index contributed by atoms with van der Waals surface area (Å²) in [4.78, 5) is 24.0. The third-order valence-electron chi connectivity index (χ3n) is 5.14. The van der Waals surface area contributed by atoms with Gasteiger partial charge in [-0.1, -0.05) is 23.7 Å². The zero-order chi connectivity index (χ0) is 21.6. The number of ether oxygens (including phenoxy) is 1. The summed E-state index contributed by atoms with van der Waals surface area (Å²) in [5.41, 5.74) is 2.84. The number of carbonyl (C=O) groups excluding carboxylic acids is 1. The Morgan fingerprint density at radius 2 is 1.84 bits per heavy atom. The molecule has 1 saturated heterocycles. The highest BCUT2D eigenvalue weighted by Gasteiger charge is 2.18. The minimum absolute atomic E-state index is 0.395. The normalized spacial score (nSPS) is 13.5. The average Bonchev–Trinajstić information content (AvgIpc) is 2.80. The topological polar surface area (TPSA) is 79.4 Å². The van der Waals surface area contributed by atoms with Crippen molar-refractivity contribution in [1.82, 2.24) is 9.97 Å². The summed E-state index contributed by atoms with van der Waals surface area (Å²) in [6.07, 6.45) is 6.98. The van der Waals surface area contributed by atoms with E-state index in [1.54, 1.807) is 30.6 Å². The summed E-state index contributed by atoms with van der Waals surface area (Å²) in [6.45, 7) is 1.96. The molecule has 160 valence electrons. The van der Waals surface area contributed by atoms with E-state index in [1.807, 2.05) is 24.3 Å². The molecule has 2 amide bonds. The maximum atomic E-state index is 12.6. The largest absolute Gasteiger partial charge is 0.495 e. The van der Waals surface area contributed by atoms with E-state index in [9.17, 15) is 4.79 Å². The van der Waals surface area contributed by atoms with Crippen molar-refractivity contribution in [3.63, 3.8) is 0 Å². The number of amides is 2. The van der Waals surface area contributed by atoms with Crippen LogP contribution in [0.3, 0.4) is 0 Å². The number of carbonyl (C=O) groups is 1. The fraction of sp³-hybridized carbons (Fsp3) is 0.261. The predicted octanol–water partition coefficient (Wildman–Crippen LogP) is 5.44. The lowest BCUT2D eigenvalue weighted by atomic mass is 10.1. The average molecular weight is 438 g/mol. The molecule has 1 aromatic heterocycles. The molecule has 2 N–H and O–H groups in total. The first-order valence-corrected chi connectivity index (χ1v) is 10.6. The number of anilines is 3. The predicted molar refractivity (Wildman–Crippen MR) is 124 cm³/mol. The molecule has 7 nitrogen and oxygen atoms in total. The summed E-state index contributed by atoms with van der Waals surface area (Å²) >= 11 is 6.04. The minimum atomic E-state index is -0.395. The molecule has 1 aliphatic rings. The molecule has 0 bridgehead atoms. The number of methoxy groups -OCH3 is 1. The number of aromatic nitrogens is 2. The quantitative estimate of drug-likeness (QED) is 0.555. The molecule has 2 heterocycles. The van der Waals surface area contributed by atoms with Gasteiger partial charge in [-0.3, -0.25) is 4.98 Å². The molecule has 3 aromatic rings. The fourth-order valence-electron chi connectivity index (χ4n) is 3.68. The van der Waals surface area contributed by atoms with Crippen LogP contribution in [-0.4, -0.2) is 36.2 Å². The molecule has 0 atom stereocenters. The molecule has 0 saturated carbocycles. The molecule has 1 aliphatic heterocycles. The molecule has 31 heavy (non-hydrogen) atoms. The van der Waals surface area contributed by atoms with Crippen LogP contribution in [0.4, 0.5) is 22.0 Å². The van der Waals surface area contributed by atoms with E-state index >= 15 is 0 Å². The van der Waals surface area contributed by atoms with Gasteiger partial charge in [0.15, 0.2) is 5.82 Å². The van der Waals surface area contributed by atoms with Crippen LogP contribution >= 0.6 is 11.6 Å². The van der Waals surface area contributed by atoms with E-state index in [-0.39, 0.29) is 0 Å². The first-order chi connectivity index (χ1) is 15.1. The molecule has 0 spiro atoms. The van der Waals surface area contributed by atoms with Gasteiger partial charge in [-0.15, -0.1) is 0 Å². The number of halogens is 1. The summed E-state index contributed by atoms with van der Waals surface area (Å²) in [5, 5.41) is 6.14. The lowest BCUT2D eigenvalue weighted by molar-refractivity contribution is 0.262. The van der Waals surface area contributed by atoms with E-state index in [4.69, 9.17) is 16.3 Å². The highest BCUT2D eigenvalue weighted by molar-refractivity contribution is 6.31. The third kappa shape index (κ3) is 5.06. The lowest BCUT2D eigenvalue weighted by Crippen LogP contribution is -2.30. The van der Waals surface area contributed by atoms with Crippen LogP contribution in [0.1, 0.15) is 19.3 Å². The van der Waals surface area contributed by atoms with Crippen molar-refractivity contribution in [2.24, 2.45) is 0 Å². The molecule has 4 rings (SSSR count). The Labute approximate surface area is 186 Å². The molecule has 0 unspecified atom stereocenters. The molecule has 0 aliphatic carbocycles. The summed E-state index contributed by atoms with van der Waals surface area (Å²) in [5.74, 6) is 1.41. The second-order valence-corrected chi connectivity index (χ2v) is 7.72. The van der Waals surface area contributed by atoms with Crippen LogP contribution in [0, 0.1) is 0 Å². The number of urea groups is 1. The Bertz CT molecular complexity index is 1070. The van der Waals surface area contributed by atoms with Crippen LogP contribution in [0.2, 0.25) is 5.02 Å². The van der Waals surface area contributed by atoms with Crippen molar-refractivity contribution in [2.75, 3.05) is 35.7 Å². The van der Waals surface area contributed by atoms with Gasteiger partial charge in [0, 0.05) is 41.8 Å². The Morgan fingerprint density at radius 1 is 1.03 bits per heavy atom. The van der Waals surface area contributed by atoms with Gasteiger partial charge in [-0.25, -0.2) is 9.78 Å². The van der Waals surface area contributed by atoms with Crippen LogP contribution in [0.5, 0.6) is 5.75 Å². The smallest absolute Gasteiger partial charge is 0.323 e. The van der Waals surface area contributed by atoms with Gasteiger partial charge in [0.2, 0.25) is 0 Å². The van der Waals surface area contributed by atoms with E-state index in [1.165, 1.54) is 13.5 Å². The summed E-state index contributed by atoms with van der Waals surface area (Å²) < 4.78 is 5.28. The number of benzene rings is 2. The van der Waals surface area contributed by atoms with E-state index in [2.05, 4.69) is 25.5 Å². The van der Waals surface area contributed by atoms with Crippen molar-refractivity contribution in [3.8, 4) is 17.0 Å². The summed E-state index contributed by atoms with van der Waals surface area (Å²) in [6, 6.07) is 12.2. The Kier molecular flexibility index (Phi) is 6.52. The van der Waals surface area contributed by atoms with E-state index in [0.717, 1.165) is 43.0 Å². The standard InChI is InChI=1S/C23H24ClN5O2/c1-31-20-9-8-17(24)15-19(20)28-23(30)27-18-7-5-6-16(14-18)21-22(26-11-10-25-21)29-12-3-2-4-13-29/h5-11,14-15H,2-4,12-13H2,1H3,(H2,27,28,30). The SMILES string of the molecule is COc1ccc(Cl)cc1NC(=O)Nc1cccc(-c2nccnc2N2CCCCC2)c1. The Hall–Kier alpha value is -3.32. The molecule has 8 heteroatoms. The monoisotopic (exact) mass is 437 g/mol. The molecule has 1 fully saturated rings. The maximum absolute atomic E-state index is 12.6. The van der Waals surface area contributed by atoms with E-state index in [0.29, 0.717) is 22.1 Å². The maximum Gasteiger partial charge on any atom is 0.323 e. The van der Waals surface area contributed by atoms with Crippen molar-refractivity contribution < 1.29 is 9.53 Å². The molecular weight excluding hydrogens is 414 g/mol. The van der Waals surface area contributed by atoms with Crippen molar-refractivity contribution in [1.29, 1.82) is 0 Å². The minimum Gasteiger partial charge on any atom is -0.495 e. The van der Waals surface area contributed by atoms with Crippen LogP contribution in [0.15, 0.2) is 54.9 Å². The fourth-order valence-corrected chi connectivity index (χ4v) is 3.85. The van der Waals surface area contributed by atoms with Crippen LogP contribution in [-0.2, 0) is 0 Å². The first kappa shape index (κ1) is 20.9. The number of hydrogen-bond acceptors (Lipinski definition) is 5. The van der Waals surface area contributed by atoms with Gasteiger partial charge in [-0.2, -0.15) is 0 Å². The zero-order valence-electron chi connectivity index (χ0n) is 17.3. The van der Waals surface area contributed by atoms with Gasteiger partial charge < -0.3 is 20.3 Å². The van der Waals surface area contributed by atoms with E-state index < -0.39 is 6.03 Å². The molecule has 2 aromatic carbocycles. The highest BCUT2D eigenvalue weighted by Crippen LogP contribution is 2.31. The highest BCUT2D eigenvalue weighted by atomic mass is 35.5. The van der Waals surface area contributed by atoms with Gasteiger partial charge in [0.1, 0.15) is 11.4 Å². The van der Waals surface area contributed by atoms with Crippen molar-refractivity contribution in [3.05, 3.63) is 59.9 Å². The first-order valence-electron chi connectivity index (χ1n) is 10.2. The number of piperidine rings is 1.